The zero-order valence-electron chi connectivity index (χ0n) is 3.23. The first-order chi connectivity index (χ1) is 2.00. The van der Waals surface area contributed by atoms with E-state index in [1.165, 1.54) is 6.92 Å². The molecule has 0 rings (SSSR count). The van der Waals surface area contributed by atoms with Gasteiger partial charge >= 0.3 is 0 Å². The Balaban J connectivity index is 3.02. The van der Waals surface area contributed by atoms with Gasteiger partial charge < -0.3 is 10.8 Å². The van der Waals surface area contributed by atoms with Crippen molar-refractivity contribution in [2.75, 3.05) is 0 Å². The molecule has 0 spiro atoms. The van der Waals surface area contributed by atoms with Crippen molar-refractivity contribution >= 4 is 0 Å². The lowest BCUT2D eigenvalue weighted by molar-refractivity contribution is 0.117. The van der Waals surface area contributed by atoms with E-state index in [4.69, 9.17) is 10.8 Å². The highest BCUT2D eigenvalue weighted by Gasteiger charge is 1.98. The highest BCUT2D eigenvalue weighted by Crippen LogP contribution is 1.81. The molecule has 31 valence electrons. The molecular weight excluding hydrogens is 66.0 g/mol. The van der Waals surface area contributed by atoms with Crippen LogP contribution in [0, 0.1) is 6.92 Å². The first kappa shape index (κ1) is 4.92. The van der Waals surface area contributed by atoms with Crippen LogP contribution in [0.25, 0.3) is 0 Å². The Hall–Kier alpha value is -0.0800. The predicted molar refractivity (Wildman–Crippen MR) is 20.2 cm³/mol. The smallest absolute Gasteiger partial charge is 0.110 e. The van der Waals surface area contributed by atoms with E-state index in [1.54, 1.807) is 0 Å². The van der Waals surface area contributed by atoms with E-state index < -0.39 is 5.72 Å². The van der Waals surface area contributed by atoms with Crippen molar-refractivity contribution in [1.82, 2.24) is 0 Å². The monoisotopic (exact) mass is 74.1 g/mol. The summed E-state index contributed by atoms with van der Waals surface area (Å²) in [6.45, 7) is 4.51. The molecule has 0 aromatic carbocycles. The van der Waals surface area contributed by atoms with Gasteiger partial charge in [-0.1, -0.05) is 0 Å². The van der Waals surface area contributed by atoms with Crippen LogP contribution in [0.1, 0.15) is 6.92 Å². The summed E-state index contributed by atoms with van der Waals surface area (Å²) in [6, 6.07) is 0. The minimum atomic E-state index is -1.25. The van der Waals surface area contributed by atoms with Crippen LogP contribution in [0.2, 0.25) is 0 Å². The fourth-order valence-electron chi connectivity index (χ4n) is 0. The second-order valence-corrected chi connectivity index (χ2v) is 1.36. The summed E-state index contributed by atoms with van der Waals surface area (Å²) in [7, 11) is 0. The van der Waals surface area contributed by atoms with Gasteiger partial charge in [-0.15, -0.1) is 0 Å². The molecule has 0 bridgehead atoms. The maximum atomic E-state index is 8.19. The SMILES string of the molecule is [CH2]C(C)(N)O. The normalized spacial score (nSPS) is 12.0. The molecule has 2 nitrogen and oxygen atoms in total. The molecular formula is C3H8NO. The maximum Gasteiger partial charge on any atom is 0.110 e. The van der Waals surface area contributed by atoms with Crippen LogP contribution in [-0.4, -0.2) is 10.8 Å². The van der Waals surface area contributed by atoms with Crippen LogP contribution in [0.3, 0.4) is 0 Å². The Morgan fingerprint density at radius 3 is 2.00 bits per heavy atom. The van der Waals surface area contributed by atoms with E-state index in [1.807, 2.05) is 0 Å². The van der Waals surface area contributed by atoms with Gasteiger partial charge in [0.2, 0.25) is 0 Å². The molecule has 0 heterocycles. The van der Waals surface area contributed by atoms with Crippen LogP contribution < -0.4 is 5.73 Å². The van der Waals surface area contributed by atoms with Crippen LogP contribution in [0.5, 0.6) is 0 Å². The van der Waals surface area contributed by atoms with Gasteiger partial charge in [-0.2, -0.15) is 0 Å². The van der Waals surface area contributed by atoms with Gasteiger partial charge in [0.05, 0.1) is 0 Å². The maximum absolute atomic E-state index is 8.19. The summed E-state index contributed by atoms with van der Waals surface area (Å²) in [4.78, 5) is 0. The van der Waals surface area contributed by atoms with Gasteiger partial charge in [0.1, 0.15) is 5.72 Å². The number of hydrogen-bond donors (Lipinski definition) is 2. The van der Waals surface area contributed by atoms with Crippen LogP contribution in [-0.2, 0) is 0 Å². The molecule has 1 radical (unpaired) electrons. The van der Waals surface area contributed by atoms with E-state index in [2.05, 4.69) is 6.92 Å². The molecule has 3 N–H and O–H groups in total. The molecule has 0 aliphatic rings. The minimum Gasteiger partial charge on any atom is -0.376 e. The molecule has 0 aromatic heterocycles. The lowest BCUT2D eigenvalue weighted by Gasteiger charge is -2.04. The molecule has 5 heavy (non-hydrogen) atoms. The third-order valence-corrected chi connectivity index (χ3v) is 0. The predicted octanol–water partition coefficient (Wildman–Crippen LogP) is -0.512. The van der Waals surface area contributed by atoms with Crippen molar-refractivity contribution in [2.24, 2.45) is 5.73 Å². The molecule has 0 aromatic rings. The average Bonchev–Trinajstić information content (AvgIpc) is 0.722. The van der Waals surface area contributed by atoms with Gasteiger partial charge in [-0.25, -0.2) is 0 Å². The molecule has 0 saturated carbocycles. The van der Waals surface area contributed by atoms with Crippen LogP contribution in [0.15, 0.2) is 0 Å². The van der Waals surface area contributed by atoms with E-state index in [0.29, 0.717) is 0 Å². The second kappa shape index (κ2) is 0.954. The Morgan fingerprint density at radius 2 is 2.00 bits per heavy atom. The zero-order valence-corrected chi connectivity index (χ0v) is 3.23. The minimum absolute atomic E-state index is 1.25. The van der Waals surface area contributed by atoms with Crippen molar-refractivity contribution in [3.05, 3.63) is 6.92 Å². The standard InChI is InChI=1S/C3H8NO/c1-3(2,4)5/h5H,1,4H2,2H3. The summed E-state index contributed by atoms with van der Waals surface area (Å²) in [5.74, 6) is 0. The lowest BCUT2D eigenvalue weighted by Crippen LogP contribution is -2.30. The fourth-order valence-corrected chi connectivity index (χ4v) is 0. The molecule has 1 unspecified atom stereocenters. The molecule has 0 aliphatic carbocycles. The fraction of sp³-hybridized carbons (Fsp3) is 0.667. The summed E-state index contributed by atoms with van der Waals surface area (Å²) < 4.78 is 0. The molecule has 0 aliphatic heterocycles. The average molecular weight is 74.1 g/mol. The van der Waals surface area contributed by atoms with Crippen molar-refractivity contribution in [3.8, 4) is 0 Å². The van der Waals surface area contributed by atoms with Gasteiger partial charge in [-0.3, -0.25) is 0 Å². The number of rotatable bonds is 0. The third-order valence-electron chi connectivity index (χ3n) is 0. The van der Waals surface area contributed by atoms with Crippen molar-refractivity contribution < 1.29 is 5.11 Å². The number of aliphatic hydroxyl groups is 1. The molecule has 1 atom stereocenters. The number of hydrogen-bond acceptors (Lipinski definition) is 2. The summed E-state index contributed by atoms with van der Waals surface area (Å²) in [5, 5.41) is 8.19. The Kier molecular flexibility index (Phi) is 0.938. The zero-order chi connectivity index (χ0) is 4.50. The highest BCUT2D eigenvalue weighted by atomic mass is 16.3. The topological polar surface area (TPSA) is 46.2 Å². The van der Waals surface area contributed by atoms with E-state index in [9.17, 15) is 0 Å². The van der Waals surface area contributed by atoms with Crippen LogP contribution in [0.4, 0.5) is 0 Å². The first-order valence-electron chi connectivity index (χ1n) is 1.37. The van der Waals surface area contributed by atoms with Gasteiger partial charge in [-0.05, 0) is 13.8 Å². The van der Waals surface area contributed by atoms with Crippen molar-refractivity contribution in [3.63, 3.8) is 0 Å². The summed E-state index contributed by atoms with van der Waals surface area (Å²) in [5.41, 5.74) is 3.55. The largest absolute Gasteiger partial charge is 0.376 e. The van der Waals surface area contributed by atoms with Crippen molar-refractivity contribution in [1.29, 1.82) is 0 Å². The van der Waals surface area contributed by atoms with Crippen LogP contribution >= 0.6 is 0 Å². The molecule has 0 fully saturated rings. The van der Waals surface area contributed by atoms with E-state index in [-0.39, 0.29) is 0 Å². The molecule has 2 heteroatoms. The Labute approximate surface area is 31.6 Å². The molecule has 0 saturated heterocycles. The van der Waals surface area contributed by atoms with Gasteiger partial charge in [0.25, 0.3) is 0 Å². The number of nitrogens with two attached hydrogens (primary N) is 1. The van der Waals surface area contributed by atoms with Crippen molar-refractivity contribution in [2.45, 2.75) is 12.6 Å². The van der Waals surface area contributed by atoms with E-state index >= 15 is 0 Å². The first-order valence-corrected chi connectivity index (χ1v) is 1.37. The Bertz CT molecular complexity index is 22.4. The molecule has 0 amide bonds. The Morgan fingerprint density at radius 1 is 2.00 bits per heavy atom. The summed E-state index contributed by atoms with van der Waals surface area (Å²) >= 11 is 0. The van der Waals surface area contributed by atoms with E-state index in [0.717, 1.165) is 0 Å². The second-order valence-electron chi connectivity index (χ2n) is 1.36. The third kappa shape index (κ3) is 2260. The highest BCUT2D eigenvalue weighted by molar-refractivity contribution is 4.62. The van der Waals surface area contributed by atoms with Gasteiger partial charge in [0, 0.05) is 0 Å². The van der Waals surface area contributed by atoms with Gasteiger partial charge in [0.15, 0.2) is 0 Å². The quantitative estimate of drug-likeness (QED) is 0.380. The lowest BCUT2D eigenvalue weighted by atomic mass is 10.4. The summed E-state index contributed by atoms with van der Waals surface area (Å²) in [6.07, 6.45) is 0.